The molecule has 80 valence electrons. The standard InChI is InChI=1S/C13H17NO/c1-4-5-6-7-15-13-11(3)8-10(2)9-12(13)14/h1,8-9H,5-7,14H2,2-3H3. The molecule has 0 heterocycles. The number of nitrogen functional groups attached to an aromatic ring is 1. The van der Waals surface area contributed by atoms with Gasteiger partial charge >= 0.3 is 0 Å². The van der Waals surface area contributed by atoms with E-state index in [4.69, 9.17) is 16.9 Å². The second-order valence-electron chi connectivity index (χ2n) is 3.66. The van der Waals surface area contributed by atoms with Gasteiger partial charge < -0.3 is 10.5 Å². The molecule has 0 fully saturated rings. The van der Waals surface area contributed by atoms with Crippen LogP contribution < -0.4 is 10.5 Å². The first-order valence-electron chi connectivity index (χ1n) is 5.08. The summed E-state index contributed by atoms with van der Waals surface area (Å²) in [5.41, 5.74) is 8.80. The lowest BCUT2D eigenvalue weighted by Gasteiger charge is -2.12. The Hall–Kier alpha value is -1.62. The first-order chi connectivity index (χ1) is 7.15. The normalized spacial score (nSPS) is 9.67. The first kappa shape index (κ1) is 11.5. The van der Waals surface area contributed by atoms with E-state index in [2.05, 4.69) is 12.0 Å². The molecule has 0 atom stereocenters. The van der Waals surface area contributed by atoms with Gasteiger partial charge in [0.2, 0.25) is 0 Å². The molecule has 0 bridgehead atoms. The lowest BCUT2D eigenvalue weighted by Crippen LogP contribution is -2.02. The summed E-state index contributed by atoms with van der Waals surface area (Å²) in [5.74, 6) is 3.37. The average molecular weight is 203 g/mol. The van der Waals surface area contributed by atoms with Gasteiger partial charge in [-0.25, -0.2) is 0 Å². The maximum atomic E-state index is 5.87. The van der Waals surface area contributed by atoms with Crippen LogP contribution in [0.25, 0.3) is 0 Å². The van der Waals surface area contributed by atoms with Crippen LogP contribution in [0.3, 0.4) is 0 Å². The second-order valence-corrected chi connectivity index (χ2v) is 3.66. The molecule has 0 aliphatic rings. The van der Waals surface area contributed by atoms with Crippen molar-refractivity contribution in [3.8, 4) is 18.1 Å². The summed E-state index contributed by atoms with van der Waals surface area (Å²) in [4.78, 5) is 0. The molecule has 0 radical (unpaired) electrons. The van der Waals surface area contributed by atoms with Crippen LogP contribution >= 0.6 is 0 Å². The lowest BCUT2D eigenvalue weighted by molar-refractivity contribution is 0.312. The Labute approximate surface area is 91.4 Å². The fourth-order valence-electron chi connectivity index (χ4n) is 1.53. The van der Waals surface area contributed by atoms with E-state index >= 15 is 0 Å². The molecule has 0 saturated carbocycles. The first-order valence-corrected chi connectivity index (χ1v) is 5.08. The zero-order valence-corrected chi connectivity index (χ0v) is 9.34. The van der Waals surface area contributed by atoms with Crippen molar-refractivity contribution in [1.82, 2.24) is 0 Å². The molecule has 0 aliphatic carbocycles. The summed E-state index contributed by atoms with van der Waals surface area (Å²) < 4.78 is 5.60. The second kappa shape index (κ2) is 5.31. The SMILES string of the molecule is C#CCCCOc1c(C)cc(C)cc1N. The zero-order chi connectivity index (χ0) is 11.3. The number of ether oxygens (including phenoxy) is 1. The van der Waals surface area contributed by atoms with Gasteiger partial charge in [-0.05, 0) is 37.5 Å². The van der Waals surface area contributed by atoms with Crippen molar-refractivity contribution >= 4 is 5.69 Å². The van der Waals surface area contributed by atoms with Crippen LogP contribution in [0.4, 0.5) is 5.69 Å². The topological polar surface area (TPSA) is 35.2 Å². The third-order valence-corrected chi connectivity index (χ3v) is 2.16. The largest absolute Gasteiger partial charge is 0.491 e. The maximum Gasteiger partial charge on any atom is 0.145 e. The summed E-state index contributed by atoms with van der Waals surface area (Å²) in [6.45, 7) is 4.64. The summed E-state index contributed by atoms with van der Waals surface area (Å²) in [5, 5.41) is 0. The minimum Gasteiger partial charge on any atom is -0.491 e. The van der Waals surface area contributed by atoms with Crippen LogP contribution in [0.2, 0.25) is 0 Å². The highest BCUT2D eigenvalue weighted by atomic mass is 16.5. The number of aryl methyl sites for hydroxylation is 2. The van der Waals surface area contributed by atoms with Gasteiger partial charge in [0.15, 0.2) is 0 Å². The Balaban J connectivity index is 2.65. The molecule has 1 rings (SSSR count). The monoisotopic (exact) mass is 203 g/mol. The fourth-order valence-corrected chi connectivity index (χ4v) is 1.53. The van der Waals surface area contributed by atoms with Gasteiger partial charge in [0, 0.05) is 6.42 Å². The Bertz CT molecular complexity index is 354. The van der Waals surface area contributed by atoms with Gasteiger partial charge in [-0.3, -0.25) is 0 Å². The van der Waals surface area contributed by atoms with Crippen molar-refractivity contribution in [2.75, 3.05) is 12.3 Å². The maximum absolute atomic E-state index is 5.87. The zero-order valence-electron chi connectivity index (χ0n) is 9.34. The molecule has 0 aliphatic heterocycles. The summed E-state index contributed by atoms with van der Waals surface area (Å²) in [6, 6.07) is 3.98. The minimum atomic E-state index is 0.623. The summed E-state index contributed by atoms with van der Waals surface area (Å²) in [6.07, 6.45) is 6.76. The Morgan fingerprint density at radius 3 is 2.73 bits per heavy atom. The summed E-state index contributed by atoms with van der Waals surface area (Å²) in [7, 11) is 0. The Morgan fingerprint density at radius 2 is 2.13 bits per heavy atom. The van der Waals surface area contributed by atoms with Gasteiger partial charge in [-0.15, -0.1) is 12.3 Å². The number of rotatable bonds is 4. The molecule has 0 saturated heterocycles. The van der Waals surface area contributed by atoms with Crippen LogP contribution in [0, 0.1) is 26.2 Å². The van der Waals surface area contributed by atoms with Gasteiger partial charge in [-0.2, -0.15) is 0 Å². The third-order valence-electron chi connectivity index (χ3n) is 2.16. The van der Waals surface area contributed by atoms with Crippen molar-refractivity contribution in [2.24, 2.45) is 0 Å². The van der Waals surface area contributed by atoms with E-state index < -0.39 is 0 Å². The molecule has 1 aromatic carbocycles. The highest BCUT2D eigenvalue weighted by molar-refractivity contribution is 5.58. The molecule has 2 N–H and O–H groups in total. The third kappa shape index (κ3) is 3.21. The smallest absolute Gasteiger partial charge is 0.145 e. The van der Waals surface area contributed by atoms with Crippen LogP contribution in [0.15, 0.2) is 12.1 Å². The van der Waals surface area contributed by atoms with Crippen LogP contribution in [-0.4, -0.2) is 6.61 Å². The lowest BCUT2D eigenvalue weighted by atomic mass is 10.1. The van der Waals surface area contributed by atoms with E-state index in [0.717, 1.165) is 29.7 Å². The van der Waals surface area contributed by atoms with E-state index in [1.165, 1.54) is 0 Å². The van der Waals surface area contributed by atoms with Gasteiger partial charge in [0.25, 0.3) is 0 Å². The molecular weight excluding hydrogens is 186 g/mol. The molecule has 0 aromatic heterocycles. The van der Waals surface area contributed by atoms with E-state index in [0.29, 0.717) is 12.3 Å². The summed E-state index contributed by atoms with van der Waals surface area (Å²) >= 11 is 0. The minimum absolute atomic E-state index is 0.623. The molecule has 2 heteroatoms. The van der Waals surface area contributed by atoms with E-state index in [-0.39, 0.29) is 0 Å². The highest BCUT2D eigenvalue weighted by Crippen LogP contribution is 2.27. The number of unbranched alkanes of at least 4 members (excludes halogenated alkanes) is 1. The molecule has 2 nitrogen and oxygen atoms in total. The van der Waals surface area contributed by atoms with E-state index in [1.807, 2.05) is 19.9 Å². The van der Waals surface area contributed by atoms with E-state index in [9.17, 15) is 0 Å². The predicted octanol–water partition coefficient (Wildman–Crippen LogP) is 2.68. The number of benzene rings is 1. The quantitative estimate of drug-likeness (QED) is 0.464. The highest BCUT2D eigenvalue weighted by Gasteiger charge is 2.04. The molecule has 0 spiro atoms. The Kier molecular flexibility index (Phi) is 4.05. The van der Waals surface area contributed by atoms with Gasteiger partial charge in [0.1, 0.15) is 5.75 Å². The van der Waals surface area contributed by atoms with Crippen molar-refractivity contribution in [3.05, 3.63) is 23.3 Å². The fraction of sp³-hybridized carbons (Fsp3) is 0.385. The molecular formula is C13H17NO. The number of nitrogens with two attached hydrogens (primary N) is 1. The van der Waals surface area contributed by atoms with Gasteiger partial charge in [-0.1, -0.05) is 6.07 Å². The van der Waals surface area contributed by atoms with Crippen LogP contribution in [0.5, 0.6) is 5.75 Å². The van der Waals surface area contributed by atoms with Gasteiger partial charge in [0.05, 0.1) is 12.3 Å². The van der Waals surface area contributed by atoms with E-state index in [1.54, 1.807) is 0 Å². The molecule has 1 aromatic rings. The number of hydrogen-bond donors (Lipinski definition) is 1. The Morgan fingerprint density at radius 1 is 1.40 bits per heavy atom. The van der Waals surface area contributed by atoms with Crippen LogP contribution in [0.1, 0.15) is 24.0 Å². The number of terminal acetylenes is 1. The molecule has 0 unspecified atom stereocenters. The van der Waals surface area contributed by atoms with Crippen LogP contribution in [-0.2, 0) is 0 Å². The molecule has 0 amide bonds. The van der Waals surface area contributed by atoms with Crippen molar-refractivity contribution in [3.63, 3.8) is 0 Å². The van der Waals surface area contributed by atoms with Crippen molar-refractivity contribution < 1.29 is 4.74 Å². The predicted molar refractivity (Wildman–Crippen MR) is 63.9 cm³/mol. The van der Waals surface area contributed by atoms with Crippen molar-refractivity contribution in [2.45, 2.75) is 26.7 Å². The van der Waals surface area contributed by atoms with Crippen molar-refractivity contribution in [1.29, 1.82) is 0 Å². The molecule has 15 heavy (non-hydrogen) atoms. The number of anilines is 1. The average Bonchev–Trinajstić information content (AvgIpc) is 2.15. The number of hydrogen-bond acceptors (Lipinski definition) is 2.